The van der Waals surface area contributed by atoms with Gasteiger partial charge in [0.15, 0.2) is 0 Å². The molecular weight excluding hydrogens is 504 g/mol. The normalized spacial score (nSPS) is 11.8. The van der Waals surface area contributed by atoms with Gasteiger partial charge in [-0.2, -0.15) is 0 Å². The summed E-state index contributed by atoms with van der Waals surface area (Å²) in [4.78, 5) is 0. The molecule has 0 radical (unpaired) electrons. The van der Waals surface area contributed by atoms with Crippen molar-refractivity contribution in [2.45, 2.75) is 40.0 Å². The maximum atomic E-state index is 10.1. The van der Waals surface area contributed by atoms with Crippen molar-refractivity contribution in [3.05, 3.63) is 132 Å². The number of aromatic hydroxyl groups is 2. The van der Waals surface area contributed by atoms with Crippen LogP contribution in [0.25, 0.3) is 32.7 Å². The second kappa shape index (κ2) is 12.2. The fourth-order valence-electron chi connectivity index (χ4n) is 5.51. The van der Waals surface area contributed by atoms with Crippen LogP contribution in [0.1, 0.15) is 56.7 Å². The zero-order valence-electron chi connectivity index (χ0n) is 24.1. The number of benzene rings is 6. The number of hydrogen-bond donors (Lipinski definition) is 2. The highest BCUT2D eigenvalue weighted by Gasteiger charge is 2.32. The quantitative estimate of drug-likeness (QED) is 0.229. The van der Waals surface area contributed by atoms with Gasteiger partial charge in [-0.1, -0.05) is 113 Å². The van der Waals surface area contributed by atoms with Crippen LogP contribution in [-0.2, 0) is 0 Å². The Morgan fingerprint density at radius 2 is 1.02 bits per heavy atom. The predicted octanol–water partition coefficient (Wildman–Crippen LogP) is 10.8. The molecule has 0 saturated heterocycles. The Hall–Kier alpha value is -4.76. The lowest BCUT2D eigenvalue weighted by molar-refractivity contribution is 0.455. The molecule has 0 aromatic heterocycles. The van der Waals surface area contributed by atoms with Crippen molar-refractivity contribution in [2.24, 2.45) is 0 Å². The van der Waals surface area contributed by atoms with Gasteiger partial charge in [-0.3, -0.25) is 0 Å². The molecule has 1 heterocycles. The van der Waals surface area contributed by atoms with Gasteiger partial charge in [0.1, 0.15) is 23.0 Å². The molecule has 206 valence electrons. The molecule has 3 heteroatoms. The largest absolute Gasteiger partial charge is 0.508 e. The number of phenolic OH excluding ortho intramolecular Hbond substituents is 2. The minimum Gasteiger partial charge on any atom is -0.508 e. The van der Waals surface area contributed by atoms with E-state index in [2.05, 4.69) is 62.4 Å². The topological polar surface area (TPSA) is 49.7 Å². The van der Waals surface area contributed by atoms with E-state index < -0.39 is 0 Å². The average molecular weight is 541 g/mol. The van der Waals surface area contributed by atoms with Crippen molar-refractivity contribution < 1.29 is 14.9 Å². The third-order valence-electron chi connectivity index (χ3n) is 7.16. The van der Waals surface area contributed by atoms with E-state index in [0.29, 0.717) is 0 Å². The monoisotopic (exact) mass is 540 g/mol. The Morgan fingerprint density at radius 1 is 0.561 bits per heavy atom. The predicted molar refractivity (Wildman–Crippen MR) is 171 cm³/mol. The summed E-state index contributed by atoms with van der Waals surface area (Å²) in [6, 6.07) is 38.1. The standard InChI is InChI=1S/C33H22O3.C3H8.C2H6/c34-25-12-14-27-23(18-25)10-16-29-32(27)31(22-8-6-21(7-9-22)20-4-2-1-3-5-20)33-28-15-13-26(35)19-24(28)11-17-30(33)36-29;1-3-2;1-2/h1-19,31,34-35H;3H2,1-2H3;1-2H3. The van der Waals surface area contributed by atoms with E-state index in [9.17, 15) is 10.2 Å². The van der Waals surface area contributed by atoms with E-state index in [1.54, 1.807) is 24.3 Å². The van der Waals surface area contributed by atoms with E-state index in [1.165, 1.54) is 12.0 Å². The summed E-state index contributed by atoms with van der Waals surface area (Å²) in [5, 5.41) is 24.3. The van der Waals surface area contributed by atoms with Crippen LogP contribution < -0.4 is 4.74 Å². The summed E-state index contributed by atoms with van der Waals surface area (Å²) >= 11 is 0. The van der Waals surface area contributed by atoms with Crippen molar-refractivity contribution in [1.29, 1.82) is 0 Å². The number of ether oxygens (including phenoxy) is 1. The van der Waals surface area contributed by atoms with E-state index >= 15 is 0 Å². The molecule has 0 atom stereocenters. The molecule has 0 aliphatic carbocycles. The summed E-state index contributed by atoms with van der Waals surface area (Å²) in [7, 11) is 0. The van der Waals surface area contributed by atoms with Gasteiger partial charge in [0.05, 0.1) is 0 Å². The first-order chi connectivity index (χ1) is 20.1. The molecule has 0 saturated carbocycles. The van der Waals surface area contributed by atoms with Gasteiger partial charge in [-0.05, 0) is 74.6 Å². The Morgan fingerprint density at radius 3 is 1.51 bits per heavy atom. The van der Waals surface area contributed by atoms with Crippen LogP contribution in [0, 0.1) is 0 Å². The van der Waals surface area contributed by atoms with Crippen molar-refractivity contribution >= 4 is 21.5 Å². The molecule has 0 amide bonds. The first-order valence-electron chi connectivity index (χ1n) is 14.4. The van der Waals surface area contributed by atoms with Crippen LogP contribution in [0.5, 0.6) is 23.0 Å². The van der Waals surface area contributed by atoms with Crippen LogP contribution in [0.3, 0.4) is 0 Å². The molecule has 1 aliphatic heterocycles. The second-order valence-electron chi connectivity index (χ2n) is 10.00. The minimum atomic E-state index is -0.0879. The van der Waals surface area contributed by atoms with Gasteiger partial charge in [0, 0.05) is 17.0 Å². The molecule has 7 rings (SSSR count). The Labute approximate surface area is 242 Å². The number of fused-ring (bicyclic) bond motifs is 6. The van der Waals surface area contributed by atoms with Crippen LogP contribution >= 0.6 is 0 Å². The van der Waals surface area contributed by atoms with Crippen molar-refractivity contribution in [1.82, 2.24) is 0 Å². The summed E-state index contributed by atoms with van der Waals surface area (Å²) in [5.41, 5.74) is 5.65. The van der Waals surface area contributed by atoms with E-state index in [1.807, 2.05) is 56.3 Å². The Kier molecular flexibility index (Phi) is 8.26. The third kappa shape index (κ3) is 5.36. The zero-order chi connectivity index (χ0) is 28.9. The fourth-order valence-corrected chi connectivity index (χ4v) is 5.51. The summed E-state index contributed by atoms with van der Waals surface area (Å²) in [5.74, 6) is 2.02. The SMILES string of the molecule is CC.CCC.Oc1ccc2c3c(ccc2c1)Oc1ccc2cc(O)ccc2c1C3c1ccc(-c2ccccc2)cc1. The first kappa shape index (κ1) is 27.8. The van der Waals surface area contributed by atoms with E-state index in [-0.39, 0.29) is 17.4 Å². The van der Waals surface area contributed by atoms with E-state index in [0.717, 1.165) is 55.3 Å². The zero-order valence-corrected chi connectivity index (χ0v) is 24.1. The van der Waals surface area contributed by atoms with Crippen molar-refractivity contribution in [3.63, 3.8) is 0 Å². The highest BCUT2D eigenvalue weighted by atomic mass is 16.5. The van der Waals surface area contributed by atoms with Gasteiger partial charge in [0.25, 0.3) is 0 Å². The summed E-state index contributed by atoms with van der Waals surface area (Å²) < 4.78 is 6.47. The lowest BCUT2D eigenvalue weighted by Gasteiger charge is -2.31. The molecule has 0 fully saturated rings. The molecule has 3 nitrogen and oxygen atoms in total. The van der Waals surface area contributed by atoms with E-state index in [4.69, 9.17) is 4.74 Å². The first-order valence-corrected chi connectivity index (χ1v) is 14.4. The maximum absolute atomic E-state index is 10.1. The molecule has 6 aromatic carbocycles. The minimum absolute atomic E-state index is 0.0879. The van der Waals surface area contributed by atoms with Crippen LogP contribution in [-0.4, -0.2) is 10.2 Å². The second-order valence-corrected chi connectivity index (χ2v) is 10.00. The van der Waals surface area contributed by atoms with Crippen LogP contribution in [0.15, 0.2) is 115 Å². The van der Waals surface area contributed by atoms with Crippen molar-refractivity contribution in [2.75, 3.05) is 0 Å². The van der Waals surface area contributed by atoms with Crippen molar-refractivity contribution in [3.8, 4) is 34.1 Å². The lowest BCUT2D eigenvalue weighted by atomic mass is 9.78. The maximum Gasteiger partial charge on any atom is 0.132 e. The van der Waals surface area contributed by atoms with Crippen LogP contribution in [0.2, 0.25) is 0 Å². The summed E-state index contributed by atoms with van der Waals surface area (Å²) in [6.45, 7) is 8.25. The lowest BCUT2D eigenvalue weighted by Crippen LogP contribution is -2.13. The van der Waals surface area contributed by atoms with Gasteiger partial charge < -0.3 is 14.9 Å². The fraction of sp³-hybridized carbons (Fsp3) is 0.158. The average Bonchev–Trinajstić information content (AvgIpc) is 3.01. The van der Waals surface area contributed by atoms with Gasteiger partial charge in [-0.15, -0.1) is 0 Å². The van der Waals surface area contributed by atoms with Gasteiger partial charge in [0.2, 0.25) is 0 Å². The van der Waals surface area contributed by atoms with Gasteiger partial charge >= 0.3 is 0 Å². The molecule has 0 spiro atoms. The molecule has 6 aromatic rings. The smallest absolute Gasteiger partial charge is 0.132 e. The molecule has 0 bridgehead atoms. The summed E-state index contributed by atoms with van der Waals surface area (Å²) in [6.07, 6.45) is 1.25. The number of hydrogen-bond acceptors (Lipinski definition) is 3. The third-order valence-corrected chi connectivity index (χ3v) is 7.16. The number of rotatable bonds is 2. The molecule has 0 unspecified atom stereocenters. The number of phenols is 2. The molecule has 1 aliphatic rings. The Balaban J connectivity index is 0.000000636. The molecule has 2 N–H and O–H groups in total. The highest BCUT2D eigenvalue weighted by Crippen LogP contribution is 2.52. The van der Waals surface area contributed by atoms with Crippen LogP contribution in [0.4, 0.5) is 0 Å². The van der Waals surface area contributed by atoms with Gasteiger partial charge in [-0.25, -0.2) is 0 Å². The molecule has 41 heavy (non-hydrogen) atoms. The highest BCUT2D eigenvalue weighted by molar-refractivity contribution is 5.96. The Bertz CT molecular complexity index is 1700. The molecular formula is C38H36O3.